The van der Waals surface area contributed by atoms with Gasteiger partial charge >= 0.3 is 0 Å². The van der Waals surface area contributed by atoms with Gasteiger partial charge in [0, 0.05) is 12.1 Å². The fourth-order valence-electron chi connectivity index (χ4n) is 1.24. The van der Waals surface area contributed by atoms with Gasteiger partial charge in [-0.05, 0) is 26.9 Å². The summed E-state index contributed by atoms with van der Waals surface area (Å²) in [7, 11) is -2.25. The molecular weight excluding hydrogens is 197 g/mol. The van der Waals surface area contributed by atoms with Crippen molar-refractivity contribution in [2.24, 2.45) is 0 Å². The highest BCUT2D eigenvalue weighted by molar-refractivity contribution is 6.71. The first-order chi connectivity index (χ1) is 5.74. The van der Waals surface area contributed by atoms with Crippen LogP contribution < -0.4 is 0 Å². The Morgan fingerprint density at radius 3 is 1.92 bits per heavy atom. The van der Waals surface area contributed by atoms with Crippen molar-refractivity contribution in [3.8, 4) is 0 Å². The molecule has 0 aromatic rings. The Bertz CT molecular complexity index is 150. The van der Waals surface area contributed by atoms with Gasteiger partial charge in [0.05, 0.1) is 0 Å². The number of halogens is 3. The van der Waals surface area contributed by atoms with E-state index >= 15 is 0 Å². The lowest BCUT2D eigenvalue weighted by Crippen LogP contribution is -2.37. The quantitative estimate of drug-likeness (QED) is 0.638. The van der Waals surface area contributed by atoms with Crippen molar-refractivity contribution >= 4 is 8.32 Å². The molecule has 0 aliphatic heterocycles. The van der Waals surface area contributed by atoms with Crippen molar-refractivity contribution in [2.45, 2.75) is 51.7 Å². The molecule has 5 heteroatoms. The Balaban J connectivity index is 4.00. The number of alkyl halides is 3. The minimum absolute atomic E-state index is 0.0217. The van der Waals surface area contributed by atoms with Gasteiger partial charge in [0.2, 0.25) is 0 Å². The summed E-state index contributed by atoms with van der Waals surface area (Å²) in [5.41, 5.74) is 0. The topological polar surface area (TPSA) is 9.23 Å². The average molecular weight is 214 g/mol. The first kappa shape index (κ1) is 13.0. The van der Waals surface area contributed by atoms with Crippen molar-refractivity contribution in [1.82, 2.24) is 0 Å². The third-order valence-electron chi connectivity index (χ3n) is 1.51. The Hall–Kier alpha value is -0.0331. The first-order valence-corrected chi connectivity index (χ1v) is 7.46. The van der Waals surface area contributed by atoms with Gasteiger partial charge in [-0.2, -0.15) is 0 Å². The Kier molecular flexibility index (Phi) is 4.99. The molecule has 13 heavy (non-hydrogen) atoms. The summed E-state index contributed by atoms with van der Waals surface area (Å²) in [6.45, 7) is 7.15. The molecule has 0 fully saturated rings. The number of hydrogen-bond acceptors (Lipinski definition) is 1. The maximum absolute atomic E-state index is 12.7. The Morgan fingerprint density at radius 1 is 1.15 bits per heavy atom. The molecule has 0 saturated carbocycles. The predicted molar refractivity (Wildman–Crippen MR) is 49.4 cm³/mol. The highest BCUT2D eigenvalue weighted by atomic mass is 28.4. The van der Waals surface area contributed by atoms with Crippen LogP contribution in [0.4, 0.5) is 13.2 Å². The molecule has 0 aromatic heterocycles. The molecule has 0 aromatic carbocycles. The highest BCUT2D eigenvalue weighted by Crippen LogP contribution is 2.21. The van der Waals surface area contributed by atoms with E-state index in [0.29, 0.717) is 0 Å². The van der Waals surface area contributed by atoms with E-state index in [2.05, 4.69) is 0 Å². The summed E-state index contributed by atoms with van der Waals surface area (Å²) >= 11 is 0. The van der Waals surface area contributed by atoms with Crippen LogP contribution >= 0.6 is 0 Å². The SMILES string of the molecule is CC(C)O[Si](C)(C)CC(F)C(F)F. The molecule has 0 saturated heterocycles. The van der Waals surface area contributed by atoms with Crippen LogP contribution in [0.1, 0.15) is 13.8 Å². The Labute approximate surface area is 78.4 Å². The van der Waals surface area contributed by atoms with Crippen LogP contribution in [0.5, 0.6) is 0 Å². The van der Waals surface area contributed by atoms with Gasteiger partial charge in [-0.1, -0.05) is 0 Å². The molecule has 0 spiro atoms. The zero-order valence-electron chi connectivity index (χ0n) is 8.48. The molecule has 0 rings (SSSR count). The summed E-state index contributed by atoms with van der Waals surface area (Å²) in [4.78, 5) is 0. The smallest absolute Gasteiger partial charge is 0.269 e. The molecule has 0 amide bonds. The first-order valence-electron chi connectivity index (χ1n) is 4.34. The monoisotopic (exact) mass is 214 g/mol. The van der Waals surface area contributed by atoms with Crippen LogP contribution in [0.15, 0.2) is 0 Å². The van der Waals surface area contributed by atoms with Crippen LogP contribution in [-0.2, 0) is 4.43 Å². The van der Waals surface area contributed by atoms with Crippen molar-refractivity contribution in [1.29, 1.82) is 0 Å². The molecule has 1 nitrogen and oxygen atoms in total. The normalized spacial score (nSPS) is 15.5. The second-order valence-electron chi connectivity index (χ2n) is 3.98. The molecule has 0 aliphatic rings. The maximum Gasteiger partial charge on any atom is 0.269 e. The second-order valence-corrected chi connectivity index (χ2v) is 8.14. The predicted octanol–water partition coefficient (Wildman–Crippen LogP) is 3.22. The van der Waals surface area contributed by atoms with Gasteiger partial charge in [-0.15, -0.1) is 0 Å². The fourth-order valence-corrected chi connectivity index (χ4v) is 3.73. The third-order valence-corrected chi connectivity index (χ3v) is 4.00. The van der Waals surface area contributed by atoms with Crippen molar-refractivity contribution in [3.05, 3.63) is 0 Å². The van der Waals surface area contributed by atoms with Crippen molar-refractivity contribution in [2.75, 3.05) is 0 Å². The summed E-state index contributed by atoms with van der Waals surface area (Å²) in [5, 5.41) is 0. The molecule has 0 N–H and O–H groups in total. The average Bonchev–Trinajstić information content (AvgIpc) is 1.81. The Morgan fingerprint density at radius 2 is 1.62 bits per heavy atom. The van der Waals surface area contributed by atoms with Crippen LogP contribution in [0.3, 0.4) is 0 Å². The maximum atomic E-state index is 12.7. The number of rotatable bonds is 5. The van der Waals surface area contributed by atoms with Gasteiger partial charge in [-0.25, -0.2) is 13.2 Å². The van der Waals surface area contributed by atoms with Crippen LogP contribution in [0.2, 0.25) is 19.1 Å². The lowest BCUT2D eigenvalue weighted by atomic mass is 10.5. The molecule has 1 atom stereocenters. The zero-order valence-corrected chi connectivity index (χ0v) is 9.48. The minimum atomic E-state index is -2.89. The van der Waals surface area contributed by atoms with Gasteiger partial charge in [-0.3, -0.25) is 0 Å². The third kappa shape index (κ3) is 6.09. The second kappa shape index (κ2) is 5.00. The van der Waals surface area contributed by atoms with E-state index in [1.54, 1.807) is 13.1 Å². The molecule has 80 valence electrons. The van der Waals surface area contributed by atoms with Crippen molar-refractivity contribution < 1.29 is 17.6 Å². The van der Waals surface area contributed by atoms with E-state index in [0.717, 1.165) is 0 Å². The molecule has 0 aliphatic carbocycles. The highest BCUT2D eigenvalue weighted by Gasteiger charge is 2.32. The van der Waals surface area contributed by atoms with Gasteiger partial charge in [0.15, 0.2) is 14.5 Å². The summed E-state index contributed by atoms with van der Waals surface area (Å²) in [5.74, 6) is 0. The lowest BCUT2D eigenvalue weighted by Gasteiger charge is -2.26. The van der Waals surface area contributed by atoms with Crippen LogP contribution in [0, 0.1) is 0 Å². The summed E-state index contributed by atoms with van der Waals surface area (Å²) < 4.78 is 41.9. The van der Waals surface area contributed by atoms with Gasteiger partial charge in [0.1, 0.15) is 0 Å². The zero-order chi connectivity index (χ0) is 10.6. The van der Waals surface area contributed by atoms with E-state index in [1.165, 1.54) is 0 Å². The van der Waals surface area contributed by atoms with E-state index < -0.39 is 20.9 Å². The van der Waals surface area contributed by atoms with Crippen LogP contribution in [0.25, 0.3) is 0 Å². The van der Waals surface area contributed by atoms with E-state index in [4.69, 9.17) is 4.43 Å². The van der Waals surface area contributed by atoms with E-state index in [1.807, 2.05) is 13.8 Å². The number of hydrogen-bond donors (Lipinski definition) is 0. The van der Waals surface area contributed by atoms with E-state index in [-0.39, 0.29) is 12.1 Å². The van der Waals surface area contributed by atoms with Gasteiger partial charge < -0.3 is 4.43 Å². The molecule has 0 bridgehead atoms. The largest absolute Gasteiger partial charge is 0.415 e. The van der Waals surface area contributed by atoms with E-state index in [9.17, 15) is 13.2 Å². The molecule has 0 heterocycles. The van der Waals surface area contributed by atoms with Crippen molar-refractivity contribution in [3.63, 3.8) is 0 Å². The lowest BCUT2D eigenvalue weighted by molar-refractivity contribution is 0.0562. The summed E-state index contributed by atoms with van der Waals surface area (Å²) in [6.07, 6.45) is -4.95. The van der Waals surface area contributed by atoms with Gasteiger partial charge in [0.25, 0.3) is 6.43 Å². The fraction of sp³-hybridized carbons (Fsp3) is 1.00. The standard InChI is InChI=1S/C8H17F3OSi/c1-6(2)12-13(3,4)5-7(9)8(10)11/h6-8H,5H2,1-4H3. The van der Waals surface area contributed by atoms with Crippen LogP contribution in [-0.4, -0.2) is 27.0 Å². The summed E-state index contributed by atoms with van der Waals surface area (Å²) in [6, 6.07) is -0.136. The molecule has 1 unspecified atom stereocenters. The minimum Gasteiger partial charge on any atom is -0.415 e. The molecule has 0 radical (unpaired) electrons. The molecular formula is C8H17F3OSi.